The third kappa shape index (κ3) is 3.99. The monoisotopic (exact) mass is 449 g/mol. The number of hydrogen-bond donors (Lipinski definition) is 0. The van der Waals surface area contributed by atoms with E-state index in [-0.39, 0.29) is 53.0 Å². The molecule has 1 aliphatic heterocycles. The van der Waals surface area contributed by atoms with Crippen LogP contribution in [-0.4, -0.2) is 37.6 Å². The van der Waals surface area contributed by atoms with Crippen molar-refractivity contribution in [1.82, 2.24) is 4.31 Å². The van der Waals surface area contributed by atoms with Crippen molar-refractivity contribution in [2.75, 3.05) is 13.1 Å². The second-order valence-electron chi connectivity index (χ2n) is 7.94. The third-order valence-electron chi connectivity index (χ3n) is 5.80. The SMILES string of the molecule is CC1CC(=O)c2c(OC(=O)C3CCCN(S(=O)(=O)c4ccc(F)cc4)C3)ccc(F)c21. The van der Waals surface area contributed by atoms with E-state index in [2.05, 4.69) is 0 Å². The fourth-order valence-electron chi connectivity index (χ4n) is 4.21. The topological polar surface area (TPSA) is 80.8 Å². The summed E-state index contributed by atoms with van der Waals surface area (Å²) in [5.41, 5.74) is 0.340. The molecule has 0 saturated carbocycles. The van der Waals surface area contributed by atoms with Crippen LogP contribution < -0.4 is 4.74 Å². The first-order valence-corrected chi connectivity index (χ1v) is 11.5. The summed E-state index contributed by atoms with van der Waals surface area (Å²) in [5.74, 6) is -3.04. The molecule has 0 bridgehead atoms. The zero-order valence-corrected chi connectivity index (χ0v) is 17.6. The molecule has 1 saturated heterocycles. The highest BCUT2D eigenvalue weighted by atomic mass is 32.2. The van der Waals surface area contributed by atoms with Crippen molar-refractivity contribution in [3.05, 3.63) is 59.2 Å². The molecule has 2 unspecified atom stereocenters. The normalized spacial score (nSPS) is 21.7. The number of piperidine rings is 1. The van der Waals surface area contributed by atoms with Crippen molar-refractivity contribution in [2.24, 2.45) is 5.92 Å². The highest BCUT2D eigenvalue weighted by Gasteiger charge is 2.37. The molecule has 0 amide bonds. The molecule has 2 atom stereocenters. The molecule has 0 N–H and O–H groups in total. The Bertz CT molecular complexity index is 1150. The van der Waals surface area contributed by atoms with Crippen molar-refractivity contribution in [3.8, 4) is 5.75 Å². The predicted octanol–water partition coefficient (Wildman–Crippen LogP) is 3.66. The fourth-order valence-corrected chi connectivity index (χ4v) is 5.74. The maximum Gasteiger partial charge on any atom is 0.315 e. The van der Waals surface area contributed by atoms with Crippen LogP contribution in [0.15, 0.2) is 41.3 Å². The summed E-state index contributed by atoms with van der Waals surface area (Å²) in [4.78, 5) is 25.0. The van der Waals surface area contributed by atoms with Gasteiger partial charge in [0.2, 0.25) is 10.0 Å². The smallest absolute Gasteiger partial charge is 0.315 e. The van der Waals surface area contributed by atoms with Gasteiger partial charge in [-0.3, -0.25) is 9.59 Å². The summed E-state index contributed by atoms with van der Waals surface area (Å²) in [6.07, 6.45) is 1.01. The first kappa shape index (κ1) is 21.6. The number of Topliss-reactive ketones (excluding diaryl/α,β-unsaturated/α-hetero) is 1. The van der Waals surface area contributed by atoms with E-state index in [9.17, 15) is 26.8 Å². The van der Waals surface area contributed by atoms with Gasteiger partial charge in [-0.2, -0.15) is 4.31 Å². The minimum absolute atomic E-state index is 0.00858. The number of nitrogens with zero attached hydrogens (tertiary/aromatic N) is 1. The average Bonchev–Trinajstić information content (AvgIpc) is 3.05. The Morgan fingerprint density at radius 1 is 1.13 bits per heavy atom. The van der Waals surface area contributed by atoms with Crippen molar-refractivity contribution >= 4 is 21.8 Å². The summed E-state index contributed by atoms with van der Waals surface area (Å²) < 4.78 is 59.7. The molecule has 31 heavy (non-hydrogen) atoms. The molecule has 9 heteroatoms. The Kier molecular flexibility index (Phi) is 5.65. The number of sulfonamides is 1. The molecule has 0 radical (unpaired) electrons. The first-order chi connectivity index (χ1) is 14.7. The van der Waals surface area contributed by atoms with Gasteiger partial charge in [0.05, 0.1) is 16.4 Å². The Morgan fingerprint density at radius 3 is 2.55 bits per heavy atom. The fraction of sp³-hybridized carbons (Fsp3) is 0.364. The van der Waals surface area contributed by atoms with Gasteiger partial charge in [-0.1, -0.05) is 6.92 Å². The number of fused-ring (bicyclic) bond motifs is 1. The third-order valence-corrected chi connectivity index (χ3v) is 7.68. The Balaban J connectivity index is 1.53. The summed E-state index contributed by atoms with van der Waals surface area (Å²) in [7, 11) is -3.89. The Hall–Kier alpha value is -2.65. The second kappa shape index (κ2) is 8.12. The van der Waals surface area contributed by atoms with E-state index in [0.717, 1.165) is 12.1 Å². The van der Waals surface area contributed by atoms with E-state index in [0.29, 0.717) is 12.8 Å². The maximum absolute atomic E-state index is 14.2. The average molecular weight is 449 g/mol. The summed E-state index contributed by atoms with van der Waals surface area (Å²) in [5, 5.41) is 0. The number of halogens is 2. The molecule has 0 aromatic heterocycles. The number of rotatable bonds is 4. The molecular weight excluding hydrogens is 428 g/mol. The molecule has 2 aromatic carbocycles. The number of carbonyl (C=O) groups is 2. The minimum atomic E-state index is -3.89. The van der Waals surface area contributed by atoms with E-state index in [1.807, 2.05) is 0 Å². The Morgan fingerprint density at radius 2 is 1.84 bits per heavy atom. The quantitative estimate of drug-likeness (QED) is 0.526. The van der Waals surface area contributed by atoms with Crippen molar-refractivity contribution in [2.45, 2.75) is 37.0 Å². The van der Waals surface area contributed by atoms with Gasteiger partial charge in [0, 0.05) is 25.1 Å². The van der Waals surface area contributed by atoms with Crippen LogP contribution in [-0.2, 0) is 14.8 Å². The number of carbonyl (C=O) groups excluding carboxylic acids is 2. The largest absolute Gasteiger partial charge is 0.425 e. The van der Waals surface area contributed by atoms with E-state index in [1.165, 1.54) is 28.6 Å². The van der Waals surface area contributed by atoms with Crippen LogP contribution >= 0.6 is 0 Å². The minimum Gasteiger partial charge on any atom is -0.425 e. The second-order valence-corrected chi connectivity index (χ2v) is 9.88. The van der Waals surface area contributed by atoms with Gasteiger partial charge in [0.15, 0.2) is 5.78 Å². The lowest BCUT2D eigenvalue weighted by molar-refractivity contribution is -0.140. The maximum atomic E-state index is 14.2. The summed E-state index contributed by atoms with van der Waals surface area (Å²) in [6.45, 7) is 1.87. The molecule has 1 heterocycles. The molecule has 2 aromatic rings. The molecule has 1 aliphatic carbocycles. The van der Waals surface area contributed by atoms with Crippen molar-refractivity contribution in [3.63, 3.8) is 0 Å². The van der Waals surface area contributed by atoms with Crippen LogP contribution in [0.3, 0.4) is 0 Å². The van der Waals surface area contributed by atoms with Crippen LogP contribution in [0.1, 0.15) is 48.0 Å². The van der Waals surface area contributed by atoms with Crippen LogP contribution in [0.25, 0.3) is 0 Å². The summed E-state index contributed by atoms with van der Waals surface area (Å²) >= 11 is 0. The van der Waals surface area contributed by atoms with E-state index >= 15 is 0 Å². The zero-order chi connectivity index (χ0) is 22.3. The predicted molar refractivity (Wildman–Crippen MR) is 107 cm³/mol. The lowest BCUT2D eigenvalue weighted by Crippen LogP contribution is -2.43. The standard InChI is InChI=1S/C22H21F2NO5S/c1-13-11-18(26)21-19(9-8-17(24)20(13)21)30-22(27)14-3-2-10-25(12-14)31(28,29)16-6-4-15(23)5-7-16/h4-9,13-14H,2-3,10-12H2,1H3. The van der Waals surface area contributed by atoms with Crippen LogP contribution in [0.4, 0.5) is 8.78 Å². The zero-order valence-electron chi connectivity index (χ0n) is 16.8. The lowest BCUT2D eigenvalue weighted by Gasteiger charge is -2.30. The Labute approximate surface area is 178 Å². The van der Waals surface area contributed by atoms with Crippen LogP contribution in [0, 0.1) is 17.6 Å². The van der Waals surface area contributed by atoms with Crippen LogP contribution in [0.2, 0.25) is 0 Å². The molecule has 6 nitrogen and oxygen atoms in total. The first-order valence-electron chi connectivity index (χ1n) is 10.0. The van der Waals surface area contributed by atoms with E-state index < -0.39 is 33.5 Å². The van der Waals surface area contributed by atoms with Gasteiger partial charge in [0.1, 0.15) is 17.4 Å². The lowest BCUT2D eigenvalue weighted by atomic mass is 9.99. The van der Waals surface area contributed by atoms with Gasteiger partial charge in [0.25, 0.3) is 0 Å². The molecule has 4 rings (SSSR count). The molecule has 1 fully saturated rings. The van der Waals surface area contributed by atoms with E-state index in [4.69, 9.17) is 4.74 Å². The van der Waals surface area contributed by atoms with Gasteiger partial charge in [-0.25, -0.2) is 17.2 Å². The van der Waals surface area contributed by atoms with Crippen molar-refractivity contribution < 1.29 is 31.5 Å². The number of benzene rings is 2. The van der Waals surface area contributed by atoms with Gasteiger partial charge >= 0.3 is 5.97 Å². The molecular formula is C22H21F2NO5S. The molecule has 0 spiro atoms. The highest BCUT2D eigenvalue weighted by molar-refractivity contribution is 7.89. The molecule has 2 aliphatic rings. The summed E-state index contributed by atoms with van der Waals surface area (Å²) in [6, 6.07) is 6.92. The molecule has 164 valence electrons. The number of ether oxygens (including phenoxy) is 1. The van der Waals surface area contributed by atoms with E-state index in [1.54, 1.807) is 6.92 Å². The highest BCUT2D eigenvalue weighted by Crippen LogP contribution is 2.40. The van der Waals surface area contributed by atoms with Gasteiger partial charge in [-0.15, -0.1) is 0 Å². The van der Waals surface area contributed by atoms with Crippen LogP contribution in [0.5, 0.6) is 5.75 Å². The number of esters is 1. The number of hydrogen-bond acceptors (Lipinski definition) is 5. The number of ketones is 1. The van der Waals surface area contributed by atoms with Gasteiger partial charge < -0.3 is 4.74 Å². The van der Waals surface area contributed by atoms with Crippen molar-refractivity contribution in [1.29, 1.82) is 0 Å². The van der Waals surface area contributed by atoms with Gasteiger partial charge in [-0.05, 0) is 55.2 Å².